The van der Waals surface area contributed by atoms with Gasteiger partial charge in [-0.3, -0.25) is 0 Å². The van der Waals surface area contributed by atoms with E-state index in [9.17, 15) is 0 Å². The van der Waals surface area contributed by atoms with Crippen LogP contribution in [0.5, 0.6) is 0 Å². The van der Waals surface area contributed by atoms with Gasteiger partial charge in [0.15, 0.2) is 0 Å². The fourth-order valence-electron chi connectivity index (χ4n) is 0.815. The highest BCUT2D eigenvalue weighted by Gasteiger charge is 2.18. The molecule has 0 amide bonds. The zero-order chi connectivity index (χ0) is 7.23. The molecule has 60 valence electrons. The Balaban J connectivity index is 1.76. The van der Waals surface area contributed by atoms with Gasteiger partial charge in [0.2, 0.25) is 0 Å². The van der Waals surface area contributed by atoms with Gasteiger partial charge < -0.3 is 0 Å². The first-order chi connectivity index (χ1) is 4.93. The minimum Gasteiger partial charge on any atom is -0.236 e. The average Bonchev–Trinajstić information content (AvgIpc) is 1.84. The average molecular weight is 144 g/mol. The monoisotopic (exact) mass is 144 g/mol. The van der Waals surface area contributed by atoms with Crippen LogP contribution in [0, 0.1) is 0 Å². The van der Waals surface area contributed by atoms with E-state index in [2.05, 4.69) is 6.92 Å². The van der Waals surface area contributed by atoms with Crippen LogP contribution in [0.1, 0.15) is 39.0 Å². The highest BCUT2D eigenvalue weighted by molar-refractivity contribution is 4.66. The number of rotatable bonds is 5. The molecule has 0 heterocycles. The summed E-state index contributed by atoms with van der Waals surface area (Å²) in [6.07, 6.45) is 6.37. The summed E-state index contributed by atoms with van der Waals surface area (Å²) >= 11 is 0. The van der Waals surface area contributed by atoms with Gasteiger partial charge in [-0.15, -0.1) is 0 Å². The highest BCUT2D eigenvalue weighted by Crippen LogP contribution is 2.21. The summed E-state index contributed by atoms with van der Waals surface area (Å²) in [5.74, 6) is 0. The fourth-order valence-corrected chi connectivity index (χ4v) is 0.815. The van der Waals surface area contributed by atoms with E-state index in [1.165, 1.54) is 25.7 Å². The molecule has 2 heteroatoms. The van der Waals surface area contributed by atoms with Crippen molar-refractivity contribution in [2.24, 2.45) is 0 Å². The summed E-state index contributed by atoms with van der Waals surface area (Å²) in [5, 5.41) is 0. The lowest BCUT2D eigenvalue weighted by molar-refractivity contribution is -0.336. The highest BCUT2D eigenvalue weighted by atomic mass is 17.2. The third-order valence-corrected chi connectivity index (χ3v) is 1.84. The van der Waals surface area contributed by atoms with Crippen molar-refractivity contribution in [2.75, 3.05) is 6.61 Å². The molecule has 0 bridgehead atoms. The number of hydrogen-bond donors (Lipinski definition) is 0. The fraction of sp³-hybridized carbons (Fsp3) is 1.00. The lowest BCUT2D eigenvalue weighted by Gasteiger charge is -2.23. The lowest BCUT2D eigenvalue weighted by Crippen LogP contribution is -2.21. The van der Waals surface area contributed by atoms with Gasteiger partial charge in [-0.25, -0.2) is 9.78 Å². The maximum atomic E-state index is 5.08. The van der Waals surface area contributed by atoms with Crippen molar-refractivity contribution in [1.82, 2.24) is 0 Å². The second-order valence-electron chi connectivity index (χ2n) is 2.82. The van der Waals surface area contributed by atoms with Crippen LogP contribution in [0.15, 0.2) is 0 Å². The van der Waals surface area contributed by atoms with Crippen LogP contribution in [0.2, 0.25) is 0 Å². The first-order valence-electron chi connectivity index (χ1n) is 4.21. The summed E-state index contributed by atoms with van der Waals surface area (Å²) in [7, 11) is 0. The molecule has 0 unspecified atom stereocenters. The Bertz CT molecular complexity index is 79.3. The predicted octanol–water partition coefficient (Wildman–Crippen LogP) is 2.29. The van der Waals surface area contributed by atoms with Crippen LogP contribution in [-0.4, -0.2) is 12.7 Å². The van der Waals surface area contributed by atoms with Gasteiger partial charge in [0, 0.05) is 0 Å². The number of unbranched alkanes of at least 4 members (excludes halogenated alkanes) is 1. The van der Waals surface area contributed by atoms with Crippen LogP contribution in [0.25, 0.3) is 0 Å². The van der Waals surface area contributed by atoms with Crippen molar-refractivity contribution in [3.8, 4) is 0 Å². The molecular weight excluding hydrogens is 128 g/mol. The van der Waals surface area contributed by atoms with Crippen LogP contribution >= 0.6 is 0 Å². The molecule has 0 radical (unpaired) electrons. The molecule has 0 N–H and O–H groups in total. The minimum atomic E-state index is 0.414. The van der Waals surface area contributed by atoms with E-state index >= 15 is 0 Å². The molecule has 10 heavy (non-hydrogen) atoms. The largest absolute Gasteiger partial charge is 0.236 e. The lowest BCUT2D eigenvalue weighted by atomic mass is 9.97. The van der Waals surface area contributed by atoms with Gasteiger partial charge in [0.05, 0.1) is 12.7 Å². The molecule has 0 aromatic rings. The molecule has 0 atom stereocenters. The first kappa shape index (κ1) is 8.02. The Morgan fingerprint density at radius 3 is 2.70 bits per heavy atom. The van der Waals surface area contributed by atoms with Gasteiger partial charge in [-0.1, -0.05) is 13.3 Å². The van der Waals surface area contributed by atoms with E-state index in [0.717, 1.165) is 13.0 Å². The molecule has 0 aromatic carbocycles. The maximum Gasteiger partial charge on any atom is 0.0930 e. The van der Waals surface area contributed by atoms with E-state index in [0.29, 0.717) is 6.10 Å². The molecule has 0 aromatic heterocycles. The number of hydrogen-bond acceptors (Lipinski definition) is 2. The second kappa shape index (κ2) is 4.69. The topological polar surface area (TPSA) is 18.5 Å². The molecule has 2 nitrogen and oxygen atoms in total. The van der Waals surface area contributed by atoms with Crippen molar-refractivity contribution >= 4 is 0 Å². The molecule has 1 aliphatic carbocycles. The summed E-state index contributed by atoms with van der Waals surface area (Å²) in [6, 6.07) is 0. The van der Waals surface area contributed by atoms with Gasteiger partial charge in [-0.05, 0) is 25.7 Å². The molecule has 1 saturated carbocycles. The molecule has 0 aliphatic heterocycles. The van der Waals surface area contributed by atoms with E-state index in [1.54, 1.807) is 0 Å². The Kier molecular flexibility index (Phi) is 3.76. The predicted molar refractivity (Wildman–Crippen MR) is 39.6 cm³/mol. The maximum absolute atomic E-state index is 5.08. The minimum absolute atomic E-state index is 0.414. The zero-order valence-electron chi connectivity index (χ0n) is 6.64. The third kappa shape index (κ3) is 2.67. The first-order valence-corrected chi connectivity index (χ1v) is 4.21. The quantitative estimate of drug-likeness (QED) is 0.335. The smallest absolute Gasteiger partial charge is 0.0930 e. The van der Waals surface area contributed by atoms with Crippen molar-refractivity contribution in [3.05, 3.63) is 0 Å². The van der Waals surface area contributed by atoms with E-state index in [1.807, 2.05) is 0 Å². The van der Waals surface area contributed by atoms with Crippen molar-refractivity contribution in [1.29, 1.82) is 0 Å². The summed E-state index contributed by atoms with van der Waals surface area (Å²) in [5.41, 5.74) is 0. The summed E-state index contributed by atoms with van der Waals surface area (Å²) < 4.78 is 0. The van der Waals surface area contributed by atoms with Crippen molar-refractivity contribution < 1.29 is 9.78 Å². The Morgan fingerprint density at radius 1 is 1.40 bits per heavy atom. The van der Waals surface area contributed by atoms with Gasteiger partial charge in [-0.2, -0.15) is 0 Å². The van der Waals surface area contributed by atoms with Crippen LogP contribution in [0.3, 0.4) is 0 Å². The molecule has 1 fully saturated rings. The third-order valence-electron chi connectivity index (χ3n) is 1.84. The molecular formula is C8H16O2. The molecule has 0 saturated heterocycles. The van der Waals surface area contributed by atoms with Gasteiger partial charge in [0.25, 0.3) is 0 Å². The Hall–Kier alpha value is -0.0800. The molecule has 1 aliphatic rings. The van der Waals surface area contributed by atoms with Crippen molar-refractivity contribution in [3.63, 3.8) is 0 Å². The standard InChI is InChI=1S/C8H16O2/c1-2-3-7-9-10-8-5-4-6-8/h8H,2-7H2,1H3. The van der Waals surface area contributed by atoms with E-state index in [-0.39, 0.29) is 0 Å². The van der Waals surface area contributed by atoms with Crippen LogP contribution in [0.4, 0.5) is 0 Å². The van der Waals surface area contributed by atoms with Crippen LogP contribution in [-0.2, 0) is 9.78 Å². The Morgan fingerprint density at radius 2 is 2.20 bits per heavy atom. The van der Waals surface area contributed by atoms with E-state index < -0.39 is 0 Å². The summed E-state index contributed by atoms with van der Waals surface area (Å²) in [4.78, 5) is 10.1. The van der Waals surface area contributed by atoms with Gasteiger partial charge in [0.1, 0.15) is 0 Å². The van der Waals surface area contributed by atoms with E-state index in [4.69, 9.17) is 9.78 Å². The normalized spacial score (nSPS) is 18.9. The summed E-state index contributed by atoms with van der Waals surface area (Å²) in [6.45, 7) is 2.90. The molecule has 0 spiro atoms. The Labute approximate surface area is 62.4 Å². The van der Waals surface area contributed by atoms with Gasteiger partial charge >= 0.3 is 0 Å². The van der Waals surface area contributed by atoms with Crippen molar-refractivity contribution in [2.45, 2.75) is 45.1 Å². The van der Waals surface area contributed by atoms with Crippen LogP contribution < -0.4 is 0 Å². The second-order valence-corrected chi connectivity index (χ2v) is 2.82. The molecule has 1 rings (SSSR count). The SMILES string of the molecule is CCCCOOC1CCC1. The zero-order valence-corrected chi connectivity index (χ0v) is 6.64.